The molecule has 124 valence electrons. The fourth-order valence-corrected chi connectivity index (χ4v) is 2.93. The highest BCUT2D eigenvalue weighted by Gasteiger charge is 2.23. The molecule has 2 N–H and O–H groups in total. The number of hydrogen-bond donors (Lipinski definition) is 1. The van der Waals surface area contributed by atoms with Crippen molar-refractivity contribution in [2.24, 2.45) is 0 Å². The number of nitrogen functional groups attached to an aromatic ring is 1. The second-order valence-electron chi connectivity index (χ2n) is 5.73. The molecule has 1 aliphatic heterocycles. The topological polar surface area (TPSA) is 55.6 Å². The fraction of sp³-hybridized carbons (Fsp3) is 0.211. The molecule has 0 aliphatic carbocycles. The average molecular weight is 326 g/mol. The van der Waals surface area contributed by atoms with Crippen molar-refractivity contribution in [3.8, 4) is 5.75 Å². The number of benzene rings is 2. The third kappa shape index (κ3) is 3.11. The van der Waals surface area contributed by atoms with E-state index in [4.69, 9.17) is 10.5 Å². The third-order valence-electron chi connectivity index (χ3n) is 4.26. The van der Waals surface area contributed by atoms with Crippen LogP contribution in [0.15, 0.2) is 42.6 Å². The highest BCUT2D eigenvalue weighted by Crippen LogP contribution is 2.30. The molecule has 0 amide bonds. The van der Waals surface area contributed by atoms with Crippen LogP contribution in [-0.2, 0) is 11.2 Å². The second-order valence-corrected chi connectivity index (χ2v) is 5.73. The SMILES string of the molecule is COc1ccc(CCN2C=Cc3cc(N)ccc3C2C=O)c(F)c1. The summed E-state index contributed by atoms with van der Waals surface area (Å²) in [5.41, 5.74) is 8.91. The number of nitrogens with two attached hydrogens (primary N) is 1. The summed E-state index contributed by atoms with van der Waals surface area (Å²) in [6, 6.07) is 9.95. The van der Waals surface area contributed by atoms with Crippen LogP contribution in [-0.4, -0.2) is 24.8 Å². The van der Waals surface area contributed by atoms with Gasteiger partial charge in [0.1, 0.15) is 23.9 Å². The summed E-state index contributed by atoms with van der Waals surface area (Å²) < 4.78 is 19.1. The Balaban J connectivity index is 1.76. The van der Waals surface area contributed by atoms with Crippen LogP contribution in [0.3, 0.4) is 0 Å². The van der Waals surface area contributed by atoms with Crippen LogP contribution in [0.1, 0.15) is 22.7 Å². The van der Waals surface area contributed by atoms with Crippen molar-refractivity contribution in [3.63, 3.8) is 0 Å². The highest BCUT2D eigenvalue weighted by molar-refractivity contribution is 5.71. The zero-order valence-electron chi connectivity index (χ0n) is 13.4. The molecule has 1 heterocycles. The lowest BCUT2D eigenvalue weighted by Gasteiger charge is -2.31. The molecule has 0 saturated heterocycles. The van der Waals surface area contributed by atoms with E-state index < -0.39 is 0 Å². The molecular weight excluding hydrogens is 307 g/mol. The predicted molar refractivity (Wildman–Crippen MR) is 92.1 cm³/mol. The Morgan fingerprint density at radius 1 is 1.29 bits per heavy atom. The molecule has 4 nitrogen and oxygen atoms in total. The van der Waals surface area contributed by atoms with E-state index in [2.05, 4.69) is 0 Å². The molecule has 0 bridgehead atoms. The van der Waals surface area contributed by atoms with Crippen LogP contribution in [0.4, 0.5) is 10.1 Å². The molecule has 1 atom stereocenters. The number of halogens is 1. The zero-order valence-corrected chi connectivity index (χ0v) is 13.4. The van der Waals surface area contributed by atoms with Gasteiger partial charge in [-0.3, -0.25) is 0 Å². The summed E-state index contributed by atoms with van der Waals surface area (Å²) in [6.45, 7) is 0.535. The molecule has 1 unspecified atom stereocenters. The summed E-state index contributed by atoms with van der Waals surface area (Å²) in [5.74, 6) is 0.192. The molecule has 0 saturated carbocycles. The van der Waals surface area contributed by atoms with Crippen molar-refractivity contribution in [3.05, 3.63) is 65.1 Å². The molecule has 2 aromatic rings. The smallest absolute Gasteiger partial charge is 0.146 e. The molecule has 0 radical (unpaired) electrons. The van der Waals surface area contributed by atoms with E-state index >= 15 is 0 Å². The summed E-state index contributed by atoms with van der Waals surface area (Å²) >= 11 is 0. The Hall–Kier alpha value is -2.82. The number of anilines is 1. The standard InChI is InChI=1S/C19H19FN2O2/c1-24-16-4-2-13(18(20)11-16)6-8-22-9-7-14-10-15(21)3-5-17(14)19(22)12-23/h2-5,7,9-12,19H,6,8,21H2,1H3. The molecule has 0 aromatic heterocycles. The Labute approximate surface area is 140 Å². The van der Waals surface area contributed by atoms with E-state index in [-0.39, 0.29) is 11.9 Å². The Morgan fingerprint density at radius 3 is 2.83 bits per heavy atom. The summed E-state index contributed by atoms with van der Waals surface area (Å²) in [5, 5.41) is 0. The van der Waals surface area contributed by atoms with Gasteiger partial charge in [0, 0.05) is 24.5 Å². The molecule has 2 aromatic carbocycles. The first-order valence-electron chi connectivity index (χ1n) is 7.73. The lowest BCUT2D eigenvalue weighted by atomic mass is 9.96. The number of aldehydes is 1. The largest absolute Gasteiger partial charge is 0.497 e. The monoisotopic (exact) mass is 326 g/mol. The Bertz CT molecular complexity index is 789. The number of fused-ring (bicyclic) bond motifs is 1. The maximum Gasteiger partial charge on any atom is 0.146 e. The molecule has 3 rings (SSSR count). The summed E-state index contributed by atoms with van der Waals surface area (Å²) in [4.78, 5) is 13.5. The van der Waals surface area contributed by atoms with Crippen molar-refractivity contribution >= 4 is 18.0 Å². The molecular formula is C19H19FN2O2. The van der Waals surface area contributed by atoms with Crippen LogP contribution in [0.25, 0.3) is 6.08 Å². The highest BCUT2D eigenvalue weighted by atomic mass is 19.1. The van der Waals surface area contributed by atoms with E-state index in [9.17, 15) is 9.18 Å². The first-order valence-corrected chi connectivity index (χ1v) is 7.73. The van der Waals surface area contributed by atoms with E-state index in [0.717, 1.165) is 17.4 Å². The van der Waals surface area contributed by atoms with Crippen LogP contribution in [0, 0.1) is 5.82 Å². The first-order chi connectivity index (χ1) is 11.6. The van der Waals surface area contributed by atoms with Gasteiger partial charge in [-0.2, -0.15) is 0 Å². The molecule has 0 spiro atoms. The predicted octanol–water partition coefficient (Wildman–Crippen LogP) is 3.19. The summed E-state index contributed by atoms with van der Waals surface area (Å²) in [7, 11) is 1.51. The van der Waals surface area contributed by atoms with Gasteiger partial charge in [-0.25, -0.2) is 4.39 Å². The second kappa shape index (κ2) is 6.74. The molecule has 0 fully saturated rings. The van der Waals surface area contributed by atoms with Crippen molar-refractivity contribution < 1.29 is 13.9 Å². The van der Waals surface area contributed by atoms with Crippen LogP contribution >= 0.6 is 0 Å². The van der Waals surface area contributed by atoms with Crippen LogP contribution in [0.5, 0.6) is 5.75 Å². The van der Waals surface area contributed by atoms with E-state index in [1.807, 2.05) is 29.3 Å². The van der Waals surface area contributed by atoms with Crippen molar-refractivity contribution in [2.45, 2.75) is 12.5 Å². The maximum absolute atomic E-state index is 14.1. The van der Waals surface area contributed by atoms with Gasteiger partial charge in [0.15, 0.2) is 0 Å². The molecule has 1 aliphatic rings. The normalized spacial score (nSPS) is 15.9. The lowest BCUT2D eigenvalue weighted by Crippen LogP contribution is -2.29. The number of methoxy groups -OCH3 is 1. The lowest BCUT2D eigenvalue weighted by molar-refractivity contribution is -0.111. The van der Waals surface area contributed by atoms with Crippen LogP contribution < -0.4 is 10.5 Å². The minimum Gasteiger partial charge on any atom is -0.497 e. The number of carbonyl (C=O) groups excluding carboxylic acids is 1. The maximum atomic E-state index is 14.1. The third-order valence-corrected chi connectivity index (χ3v) is 4.26. The van der Waals surface area contributed by atoms with Crippen molar-refractivity contribution in [1.82, 2.24) is 4.90 Å². The van der Waals surface area contributed by atoms with E-state index in [0.29, 0.717) is 30.0 Å². The minimum atomic E-state index is -0.382. The number of ether oxygens (including phenoxy) is 1. The van der Waals surface area contributed by atoms with Crippen molar-refractivity contribution in [1.29, 1.82) is 0 Å². The average Bonchev–Trinajstić information content (AvgIpc) is 2.59. The number of rotatable bonds is 5. The van der Waals surface area contributed by atoms with Gasteiger partial charge in [-0.15, -0.1) is 0 Å². The number of hydrogen-bond acceptors (Lipinski definition) is 4. The minimum absolute atomic E-state index is 0.300. The first kappa shape index (κ1) is 16.1. The van der Waals surface area contributed by atoms with Crippen LogP contribution in [0.2, 0.25) is 0 Å². The van der Waals surface area contributed by atoms with Gasteiger partial charge in [-0.05, 0) is 47.4 Å². The quantitative estimate of drug-likeness (QED) is 0.677. The van der Waals surface area contributed by atoms with E-state index in [1.54, 1.807) is 18.2 Å². The Morgan fingerprint density at radius 2 is 2.12 bits per heavy atom. The van der Waals surface area contributed by atoms with Gasteiger partial charge in [0.25, 0.3) is 0 Å². The number of nitrogens with zero attached hydrogens (tertiary/aromatic N) is 1. The number of carbonyl (C=O) groups is 1. The van der Waals surface area contributed by atoms with Gasteiger partial charge in [0.05, 0.1) is 7.11 Å². The Kier molecular flexibility index (Phi) is 4.51. The van der Waals surface area contributed by atoms with Gasteiger partial charge >= 0.3 is 0 Å². The van der Waals surface area contributed by atoms with Gasteiger partial charge < -0.3 is 20.2 Å². The zero-order chi connectivity index (χ0) is 17.1. The fourth-order valence-electron chi connectivity index (χ4n) is 2.93. The molecule has 5 heteroatoms. The van der Waals surface area contributed by atoms with Gasteiger partial charge in [0.2, 0.25) is 0 Å². The van der Waals surface area contributed by atoms with Crippen molar-refractivity contribution in [2.75, 3.05) is 19.4 Å². The molecule has 24 heavy (non-hydrogen) atoms. The summed E-state index contributed by atoms with van der Waals surface area (Å²) in [6.07, 6.45) is 5.19. The van der Waals surface area contributed by atoms with E-state index in [1.165, 1.54) is 13.2 Å². The van der Waals surface area contributed by atoms with Gasteiger partial charge in [-0.1, -0.05) is 12.1 Å².